The summed E-state index contributed by atoms with van der Waals surface area (Å²) in [6.45, 7) is 0.852. The highest BCUT2D eigenvalue weighted by atomic mass is 16.2. The van der Waals surface area contributed by atoms with Crippen LogP contribution in [0.15, 0.2) is 77.7 Å². The molecule has 1 aromatic heterocycles. The third-order valence-corrected chi connectivity index (χ3v) is 5.02. The number of carbonyl (C=O) groups is 2. The van der Waals surface area contributed by atoms with Crippen LogP contribution in [0.5, 0.6) is 0 Å². The fourth-order valence-electron chi connectivity index (χ4n) is 3.41. The van der Waals surface area contributed by atoms with E-state index in [1.807, 2.05) is 0 Å². The molecule has 2 N–H and O–H groups in total. The Balaban J connectivity index is 1.41. The Bertz CT molecular complexity index is 1230. The van der Waals surface area contributed by atoms with Crippen LogP contribution >= 0.6 is 0 Å². The molecule has 1 saturated heterocycles. The molecule has 2 aromatic carbocycles. The van der Waals surface area contributed by atoms with Crippen molar-refractivity contribution in [2.24, 2.45) is 0 Å². The van der Waals surface area contributed by atoms with E-state index in [1.54, 1.807) is 66.9 Å². The minimum Gasteiger partial charge on any atom is -0.306 e. The molecule has 160 valence electrons. The van der Waals surface area contributed by atoms with Crippen LogP contribution in [0.1, 0.15) is 12.0 Å². The van der Waals surface area contributed by atoms with Gasteiger partial charge in [-0.3, -0.25) is 9.36 Å². The van der Waals surface area contributed by atoms with E-state index in [-0.39, 0.29) is 5.56 Å². The molecule has 2 heterocycles. The summed E-state index contributed by atoms with van der Waals surface area (Å²) in [5, 5.41) is 8.33. The van der Waals surface area contributed by atoms with Crippen molar-refractivity contribution in [1.82, 2.24) is 14.6 Å². The molecule has 0 aliphatic carbocycles. The predicted octanol–water partition coefficient (Wildman–Crippen LogP) is 3.51. The van der Waals surface area contributed by atoms with E-state index < -0.39 is 12.1 Å². The number of hydrogen-bond acceptors (Lipinski definition) is 3. The molecule has 0 radical (unpaired) electrons. The minimum absolute atomic E-state index is 0.142. The van der Waals surface area contributed by atoms with E-state index >= 15 is 0 Å². The maximum absolute atomic E-state index is 12.8. The van der Waals surface area contributed by atoms with E-state index in [1.165, 1.54) is 20.7 Å². The second-order valence-corrected chi connectivity index (χ2v) is 7.14. The maximum Gasteiger partial charge on any atom is 0.340 e. The minimum atomic E-state index is -0.412. The van der Waals surface area contributed by atoms with Crippen LogP contribution in [0.2, 0.25) is 0 Å². The first-order valence-corrected chi connectivity index (χ1v) is 10.1. The molecule has 0 bridgehead atoms. The van der Waals surface area contributed by atoms with Gasteiger partial charge in [-0.25, -0.2) is 19.6 Å². The van der Waals surface area contributed by atoms with Gasteiger partial charge in [0.25, 0.3) is 5.56 Å². The monoisotopic (exact) mass is 427 g/mol. The quantitative estimate of drug-likeness (QED) is 0.627. The molecule has 0 spiro atoms. The summed E-state index contributed by atoms with van der Waals surface area (Å²) in [5.74, 6) is 2.52. The number of carbonyl (C=O) groups excluding carboxylic acids is 2. The Labute approximate surface area is 185 Å². The van der Waals surface area contributed by atoms with Crippen LogP contribution in [-0.2, 0) is 0 Å². The van der Waals surface area contributed by atoms with Gasteiger partial charge < -0.3 is 10.6 Å². The molecule has 4 amide bonds. The highest BCUT2D eigenvalue weighted by molar-refractivity contribution is 5.94. The normalized spacial score (nSPS) is 12.8. The summed E-state index contributed by atoms with van der Waals surface area (Å²) in [6.07, 6.45) is 7.70. The molecular formula is C24H21N5O3. The second-order valence-electron chi connectivity index (χ2n) is 7.14. The molecule has 4 rings (SSSR count). The van der Waals surface area contributed by atoms with Gasteiger partial charge in [0.1, 0.15) is 0 Å². The number of terminal acetylenes is 1. The summed E-state index contributed by atoms with van der Waals surface area (Å²) >= 11 is 0. The van der Waals surface area contributed by atoms with E-state index in [0.29, 0.717) is 42.1 Å². The van der Waals surface area contributed by atoms with Crippen molar-refractivity contribution in [2.75, 3.05) is 23.7 Å². The number of pyridine rings is 1. The zero-order chi connectivity index (χ0) is 22.5. The summed E-state index contributed by atoms with van der Waals surface area (Å²) in [5.41, 5.74) is 2.41. The second kappa shape index (κ2) is 9.10. The molecule has 32 heavy (non-hydrogen) atoms. The summed E-state index contributed by atoms with van der Waals surface area (Å²) in [4.78, 5) is 37.4. The molecule has 1 aliphatic rings. The zero-order valence-corrected chi connectivity index (χ0v) is 17.2. The van der Waals surface area contributed by atoms with E-state index in [2.05, 4.69) is 16.6 Å². The number of nitrogens with one attached hydrogen (secondary N) is 2. The fraction of sp³-hybridized carbons (Fsp3) is 0.125. The molecule has 0 atom stereocenters. The SMILES string of the molecule is C#Cc1ccc(NC(=O)N2CCCN2C(=O)Nc2ccc(-n3ccccc3=O)cc2)cc1. The highest BCUT2D eigenvalue weighted by Gasteiger charge is 2.30. The number of urea groups is 2. The van der Waals surface area contributed by atoms with E-state index in [9.17, 15) is 14.4 Å². The maximum atomic E-state index is 12.8. The number of benzene rings is 2. The topological polar surface area (TPSA) is 86.7 Å². The molecule has 1 aliphatic heterocycles. The van der Waals surface area contributed by atoms with E-state index in [4.69, 9.17) is 6.42 Å². The van der Waals surface area contributed by atoms with Gasteiger partial charge in [0.2, 0.25) is 0 Å². The Morgan fingerprint density at radius 3 is 1.91 bits per heavy atom. The lowest BCUT2D eigenvalue weighted by atomic mass is 10.2. The number of aromatic nitrogens is 1. The van der Waals surface area contributed by atoms with Crippen LogP contribution in [0.25, 0.3) is 5.69 Å². The molecule has 8 nitrogen and oxygen atoms in total. The van der Waals surface area contributed by atoms with Crippen LogP contribution in [0, 0.1) is 12.3 Å². The van der Waals surface area contributed by atoms with Gasteiger partial charge in [0.05, 0.1) is 0 Å². The van der Waals surface area contributed by atoms with Crippen LogP contribution < -0.4 is 16.2 Å². The van der Waals surface area contributed by atoms with Crippen molar-refractivity contribution in [2.45, 2.75) is 6.42 Å². The van der Waals surface area contributed by atoms with Gasteiger partial charge in [-0.2, -0.15) is 0 Å². The first-order chi connectivity index (χ1) is 15.5. The van der Waals surface area contributed by atoms with Crippen molar-refractivity contribution in [1.29, 1.82) is 0 Å². The summed E-state index contributed by atoms with van der Waals surface area (Å²) in [6, 6.07) is 17.9. The smallest absolute Gasteiger partial charge is 0.306 e. The average Bonchev–Trinajstić information content (AvgIpc) is 3.31. The number of hydrazine groups is 1. The molecule has 8 heteroatoms. The molecule has 0 saturated carbocycles. The first kappa shape index (κ1) is 20.8. The molecular weight excluding hydrogens is 406 g/mol. The van der Waals surface area contributed by atoms with Crippen molar-refractivity contribution < 1.29 is 9.59 Å². The van der Waals surface area contributed by atoms with Crippen LogP contribution in [0.3, 0.4) is 0 Å². The molecule has 1 fully saturated rings. The molecule has 0 unspecified atom stereocenters. The lowest BCUT2D eigenvalue weighted by Gasteiger charge is -2.28. The number of hydrogen-bond donors (Lipinski definition) is 2. The Morgan fingerprint density at radius 1 is 0.812 bits per heavy atom. The highest BCUT2D eigenvalue weighted by Crippen LogP contribution is 2.18. The fourth-order valence-corrected chi connectivity index (χ4v) is 3.41. The van der Waals surface area contributed by atoms with Crippen LogP contribution in [0.4, 0.5) is 21.0 Å². The Morgan fingerprint density at radius 2 is 1.38 bits per heavy atom. The van der Waals surface area contributed by atoms with Gasteiger partial charge in [0.15, 0.2) is 0 Å². The van der Waals surface area contributed by atoms with Crippen LogP contribution in [-0.4, -0.2) is 39.7 Å². The molecule has 3 aromatic rings. The van der Waals surface area contributed by atoms with Crippen molar-refractivity contribution in [3.8, 4) is 18.0 Å². The van der Waals surface area contributed by atoms with Gasteiger partial charge in [-0.15, -0.1) is 6.42 Å². The van der Waals surface area contributed by atoms with Gasteiger partial charge >= 0.3 is 12.1 Å². The largest absolute Gasteiger partial charge is 0.340 e. The first-order valence-electron chi connectivity index (χ1n) is 10.1. The van der Waals surface area contributed by atoms with Gasteiger partial charge in [-0.05, 0) is 61.0 Å². The van der Waals surface area contributed by atoms with Gasteiger partial charge in [0, 0.05) is 48.0 Å². The van der Waals surface area contributed by atoms with Crippen molar-refractivity contribution in [3.63, 3.8) is 0 Å². The Hall–Kier alpha value is -4.51. The Kier molecular flexibility index (Phi) is 5.90. The van der Waals surface area contributed by atoms with Crippen molar-refractivity contribution >= 4 is 23.4 Å². The number of rotatable bonds is 3. The average molecular weight is 427 g/mol. The summed E-state index contributed by atoms with van der Waals surface area (Å²) < 4.78 is 1.51. The number of nitrogens with zero attached hydrogens (tertiary/aromatic N) is 3. The van der Waals surface area contributed by atoms with E-state index in [0.717, 1.165) is 0 Å². The number of amides is 4. The third-order valence-electron chi connectivity index (χ3n) is 5.02. The van der Waals surface area contributed by atoms with Crippen molar-refractivity contribution in [3.05, 3.63) is 88.8 Å². The lowest BCUT2D eigenvalue weighted by molar-refractivity contribution is 0.103. The lowest BCUT2D eigenvalue weighted by Crippen LogP contribution is -2.48. The number of anilines is 2. The zero-order valence-electron chi connectivity index (χ0n) is 17.2. The summed E-state index contributed by atoms with van der Waals surface area (Å²) in [7, 11) is 0. The predicted molar refractivity (Wildman–Crippen MR) is 122 cm³/mol. The third kappa shape index (κ3) is 4.47. The van der Waals surface area contributed by atoms with Gasteiger partial charge in [-0.1, -0.05) is 12.0 Å². The standard InChI is InChI=1S/C24H21N5O3/c1-2-18-7-9-19(10-8-18)25-23(31)28-16-5-17-29(28)24(32)26-20-11-13-21(14-12-20)27-15-4-3-6-22(27)30/h1,3-4,6-15H,5,16-17H2,(H,25,31)(H,26,32).